The molecule has 0 spiro atoms. The molecule has 4 nitrogen and oxygen atoms in total. The Balaban J connectivity index is 1.91. The van der Waals surface area contributed by atoms with Crippen molar-refractivity contribution >= 4 is 11.6 Å². The lowest BCUT2D eigenvalue weighted by Gasteiger charge is -2.17. The number of phenolic OH excluding ortho intramolecular Hbond substituents is 1. The lowest BCUT2D eigenvalue weighted by molar-refractivity contribution is -0.114. The van der Waals surface area contributed by atoms with Crippen LogP contribution >= 0.6 is 0 Å². The molecule has 0 aliphatic heterocycles. The van der Waals surface area contributed by atoms with Crippen molar-refractivity contribution in [2.75, 3.05) is 5.32 Å². The third kappa shape index (κ3) is 5.91. The second kappa shape index (κ2) is 8.67. The Morgan fingerprint density at radius 2 is 1.80 bits per heavy atom. The second-order valence-electron chi connectivity index (χ2n) is 6.85. The highest BCUT2D eigenvalue weighted by atomic mass is 16.3. The first kappa shape index (κ1) is 19.0. The summed E-state index contributed by atoms with van der Waals surface area (Å²) >= 11 is 0. The first-order chi connectivity index (χ1) is 11.8. The van der Waals surface area contributed by atoms with Crippen molar-refractivity contribution in [3.63, 3.8) is 0 Å². The number of aliphatic hydroxyl groups excluding tert-OH is 1. The number of carbonyl (C=O) groups is 1. The van der Waals surface area contributed by atoms with Crippen LogP contribution in [0, 0.1) is 12.8 Å². The maximum atomic E-state index is 11.2. The van der Waals surface area contributed by atoms with Gasteiger partial charge in [-0.1, -0.05) is 42.8 Å². The molecular weight excluding hydrogens is 314 g/mol. The molecule has 4 heteroatoms. The molecule has 0 unspecified atom stereocenters. The van der Waals surface area contributed by atoms with Crippen LogP contribution in [-0.2, 0) is 11.2 Å². The second-order valence-corrected chi connectivity index (χ2v) is 6.85. The van der Waals surface area contributed by atoms with Gasteiger partial charge < -0.3 is 15.5 Å². The van der Waals surface area contributed by atoms with E-state index in [-0.39, 0.29) is 11.7 Å². The molecule has 2 rings (SSSR count). The first-order valence-corrected chi connectivity index (χ1v) is 8.69. The third-order valence-corrected chi connectivity index (χ3v) is 4.35. The normalized spacial score (nSPS) is 13.3. The van der Waals surface area contributed by atoms with Crippen LogP contribution < -0.4 is 5.32 Å². The van der Waals surface area contributed by atoms with E-state index >= 15 is 0 Å². The van der Waals surface area contributed by atoms with Crippen LogP contribution in [0.15, 0.2) is 42.5 Å². The number of aromatic hydroxyl groups is 1. The molecule has 0 aliphatic carbocycles. The van der Waals surface area contributed by atoms with Crippen LogP contribution in [0.3, 0.4) is 0 Å². The van der Waals surface area contributed by atoms with Gasteiger partial charge in [0.1, 0.15) is 5.75 Å². The Kier molecular flexibility index (Phi) is 6.59. The van der Waals surface area contributed by atoms with E-state index in [1.54, 1.807) is 12.1 Å². The lowest BCUT2D eigenvalue weighted by Crippen LogP contribution is -2.08. The fourth-order valence-electron chi connectivity index (χ4n) is 2.89. The zero-order valence-corrected chi connectivity index (χ0v) is 15.1. The molecule has 0 saturated carbocycles. The van der Waals surface area contributed by atoms with Crippen molar-refractivity contribution in [2.24, 2.45) is 5.92 Å². The number of hydrogen-bond acceptors (Lipinski definition) is 3. The molecule has 25 heavy (non-hydrogen) atoms. The average molecular weight is 341 g/mol. The first-order valence-electron chi connectivity index (χ1n) is 8.69. The number of amides is 1. The molecule has 0 aromatic heterocycles. The molecule has 1 amide bonds. The summed E-state index contributed by atoms with van der Waals surface area (Å²) in [5, 5.41) is 22.8. The van der Waals surface area contributed by atoms with Crippen LogP contribution in [0.1, 0.15) is 49.5 Å². The third-order valence-electron chi connectivity index (χ3n) is 4.35. The molecule has 134 valence electrons. The van der Waals surface area contributed by atoms with E-state index in [0.717, 1.165) is 12.8 Å². The molecule has 0 fully saturated rings. The molecule has 0 heterocycles. The zero-order chi connectivity index (χ0) is 18.4. The van der Waals surface area contributed by atoms with Gasteiger partial charge >= 0.3 is 0 Å². The summed E-state index contributed by atoms with van der Waals surface area (Å²) in [6.45, 7) is 5.65. The molecule has 2 aromatic rings. The topological polar surface area (TPSA) is 69.6 Å². The van der Waals surface area contributed by atoms with Crippen LogP contribution in [0.2, 0.25) is 0 Å². The number of hydrogen-bond donors (Lipinski definition) is 3. The fraction of sp³-hybridized carbons (Fsp3) is 0.381. The van der Waals surface area contributed by atoms with Gasteiger partial charge in [0.05, 0.1) is 11.8 Å². The number of nitrogens with one attached hydrogen (secondary N) is 1. The number of anilines is 1. The largest absolute Gasteiger partial charge is 0.506 e. The number of aliphatic hydroxyl groups is 1. The monoisotopic (exact) mass is 341 g/mol. The summed E-state index contributed by atoms with van der Waals surface area (Å²) in [7, 11) is 0. The van der Waals surface area contributed by atoms with E-state index in [1.807, 2.05) is 0 Å². The van der Waals surface area contributed by atoms with Crippen molar-refractivity contribution in [1.29, 1.82) is 0 Å². The minimum absolute atomic E-state index is 0.00103. The minimum Gasteiger partial charge on any atom is -0.506 e. The summed E-state index contributed by atoms with van der Waals surface area (Å²) < 4.78 is 0. The molecule has 2 atom stereocenters. The van der Waals surface area contributed by atoms with Gasteiger partial charge in [-0.3, -0.25) is 4.79 Å². The SMILES string of the molecule is CC(=O)Nc1cc([C@H](O)CC[C@H](C)Cc2ccc(C)cc2)ccc1O. The number of aryl methyl sites for hydroxylation is 1. The van der Waals surface area contributed by atoms with Gasteiger partial charge in [0.2, 0.25) is 5.91 Å². The van der Waals surface area contributed by atoms with Crippen LogP contribution in [0.4, 0.5) is 5.69 Å². The summed E-state index contributed by atoms with van der Waals surface area (Å²) in [5.41, 5.74) is 3.60. The van der Waals surface area contributed by atoms with Crippen LogP contribution in [0.25, 0.3) is 0 Å². The standard InChI is InChI=1S/C21H27NO3/c1-14-4-7-17(8-5-14)12-15(2)6-10-20(24)18-9-11-21(25)19(13-18)22-16(3)23/h4-5,7-9,11,13,15,20,24-25H,6,10,12H2,1-3H3,(H,22,23)/t15-,20+/m0/s1. The van der Waals surface area contributed by atoms with Crippen molar-refractivity contribution in [1.82, 2.24) is 0 Å². The van der Waals surface area contributed by atoms with E-state index in [1.165, 1.54) is 24.1 Å². The van der Waals surface area contributed by atoms with Crippen LogP contribution in [-0.4, -0.2) is 16.1 Å². The predicted octanol–water partition coefficient (Wildman–Crippen LogP) is 4.35. The summed E-state index contributed by atoms with van der Waals surface area (Å²) in [4.78, 5) is 11.2. The van der Waals surface area contributed by atoms with E-state index in [9.17, 15) is 15.0 Å². The molecule has 0 saturated heterocycles. The molecule has 3 N–H and O–H groups in total. The highest BCUT2D eigenvalue weighted by Crippen LogP contribution is 2.29. The fourth-order valence-corrected chi connectivity index (χ4v) is 2.89. The Morgan fingerprint density at radius 3 is 2.44 bits per heavy atom. The molecular formula is C21H27NO3. The molecule has 0 aliphatic rings. The summed E-state index contributed by atoms with van der Waals surface area (Å²) in [5.74, 6) is 0.205. The van der Waals surface area contributed by atoms with Gasteiger partial charge in [-0.15, -0.1) is 0 Å². The average Bonchev–Trinajstić information content (AvgIpc) is 2.56. The molecule has 0 bridgehead atoms. The van der Waals surface area contributed by atoms with E-state index < -0.39 is 6.10 Å². The number of benzene rings is 2. The Bertz CT molecular complexity index is 710. The van der Waals surface area contributed by atoms with Crippen molar-refractivity contribution in [2.45, 2.75) is 46.1 Å². The minimum atomic E-state index is -0.617. The summed E-state index contributed by atoms with van der Waals surface area (Å²) in [6, 6.07) is 13.4. The highest BCUT2D eigenvalue weighted by molar-refractivity contribution is 5.90. The van der Waals surface area contributed by atoms with Gasteiger partial charge in [0, 0.05) is 6.92 Å². The van der Waals surface area contributed by atoms with Crippen molar-refractivity contribution < 1.29 is 15.0 Å². The van der Waals surface area contributed by atoms with Gasteiger partial charge in [0.15, 0.2) is 0 Å². The Labute approximate surface area is 149 Å². The smallest absolute Gasteiger partial charge is 0.221 e. The highest BCUT2D eigenvalue weighted by Gasteiger charge is 2.13. The lowest BCUT2D eigenvalue weighted by atomic mass is 9.93. The Morgan fingerprint density at radius 1 is 1.12 bits per heavy atom. The van der Waals surface area contributed by atoms with Crippen molar-refractivity contribution in [3.05, 3.63) is 59.2 Å². The zero-order valence-electron chi connectivity index (χ0n) is 15.1. The van der Waals surface area contributed by atoms with Gasteiger partial charge in [0.25, 0.3) is 0 Å². The van der Waals surface area contributed by atoms with E-state index in [4.69, 9.17) is 0 Å². The quantitative estimate of drug-likeness (QED) is 0.656. The van der Waals surface area contributed by atoms with Gasteiger partial charge in [-0.25, -0.2) is 0 Å². The van der Waals surface area contributed by atoms with Gasteiger partial charge in [-0.05, 0) is 55.4 Å². The van der Waals surface area contributed by atoms with E-state index in [2.05, 4.69) is 43.4 Å². The molecule has 0 radical (unpaired) electrons. The number of carbonyl (C=O) groups excluding carboxylic acids is 1. The van der Waals surface area contributed by atoms with E-state index in [0.29, 0.717) is 23.6 Å². The maximum Gasteiger partial charge on any atom is 0.221 e. The number of phenols is 1. The van der Waals surface area contributed by atoms with Crippen molar-refractivity contribution in [3.8, 4) is 5.75 Å². The predicted molar refractivity (Wildman–Crippen MR) is 101 cm³/mol. The maximum absolute atomic E-state index is 11.2. The van der Waals surface area contributed by atoms with Crippen LogP contribution in [0.5, 0.6) is 5.75 Å². The Hall–Kier alpha value is -2.33. The molecule has 2 aromatic carbocycles. The summed E-state index contributed by atoms with van der Waals surface area (Å²) in [6.07, 6.45) is 1.90. The number of rotatable bonds is 7. The van der Waals surface area contributed by atoms with Gasteiger partial charge in [-0.2, -0.15) is 0 Å².